The Labute approximate surface area is 99.5 Å². The summed E-state index contributed by atoms with van der Waals surface area (Å²) in [4.78, 5) is 10.6. The number of aldehydes is 1. The van der Waals surface area contributed by atoms with Crippen molar-refractivity contribution in [3.8, 4) is 11.5 Å². The molecule has 0 aliphatic rings. The smallest absolute Gasteiger partial charge is 0.272 e. The number of carbonyl (C=O) groups is 1. The molecular formula is C10H9BrF2O3. The Hall–Kier alpha value is -1.17. The lowest BCUT2D eigenvalue weighted by molar-refractivity contribution is 0.0800. The maximum absolute atomic E-state index is 12.0. The van der Waals surface area contributed by atoms with Crippen LogP contribution < -0.4 is 9.47 Å². The van der Waals surface area contributed by atoms with Crippen molar-refractivity contribution in [3.63, 3.8) is 0 Å². The third-order valence-electron chi connectivity index (χ3n) is 1.74. The van der Waals surface area contributed by atoms with Crippen molar-refractivity contribution >= 4 is 22.2 Å². The number of alkyl halides is 2. The zero-order chi connectivity index (χ0) is 12.1. The molecule has 0 saturated carbocycles. The summed E-state index contributed by atoms with van der Waals surface area (Å²) in [7, 11) is 1.37. The van der Waals surface area contributed by atoms with E-state index in [0.717, 1.165) is 0 Å². The molecule has 0 fully saturated rings. The highest BCUT2D eigenvalue weighted by atomic mass is 79.9. The van der Waals surface area contributed by atoms with Crippen molar-refractivity contribution in [1.82, 2.24) is 0 Å². The minimum absolute atomic E-state index is 0.161. The van der Waals surface area contributed by atoms with Crippen LogP contribution in [0, 0.1) is 0 Å². The number of ether oxygens (including phenoxy) is 2. The predicted molar refractivity (Wildman–Crippen MR) is 57.6 cm³/mol. The Kier molecular flexibility index (Phi) is 4.67. The highest BCUT2D eigenvalue weighted by molar-refractivity contribution is 9.10. The van der Waals surface area contributed by atoms with Gasteiger partial charge in [-0.2, -0.15) is 0 Å². The zero-order valence-electron chi connectivity index (χ0n) is 8.38. The second-order valence-corrected chi connectivity index (χ2v) is 3.71. The van der Waals surface area contributed by atoms with Crippen molar-refractivity contribution in [2.75, 3.05) is 13.7 Å². The Morgan fingerprint density at radius 3 is 2.69 bits per heavy atom. The molecule has 1 aromatic rings. The summed E-state index contributed by atoms with van der Waals surface area (Å²) in [5.41, 5.74) is 0.369. The van der Waals surface area contributed by atoms with Crippen LogP contribution in [-0.4, -0.2) is 26.4 Å². The average molecular weight is 295 g/mol. The van der Waals surface area contributed by atoms with E-state index in [9.17, 15) is 13.6 Å². The first-order valence-corrected chi connectivity index (χ1v) is 5.11. The van der Waals surface area contributed by atoms with Gasteiger partial charge < -0.3 is 9.47 Å². The maximum Gasteiger partial charge on any atom is 0.272 e. The highest BCUT2D eigenvalue weighted by Crippen LogP contribution is 2.36. The van der Waals surface area contributed by atoms with Crippen molar-refractivity contribution < 1.29 is 23.0 Å². The summed E-state index contributed by atoms with van der Waals surface area (Å²) in [6.45, 7) is -0.727. The Balaban J connectivity index is 3.01. The van der Waals surface area contributed by atoms with Crippen LogP contribution >= 0.6 is 15.9 Å². The van der Waals surface area contributed by atoms with Gasteiger partial charge in [-0.25, -0.2) is 8.78 Å². The molecule has 0 aliphatic carbocycles. The highest BCUT2D eigenvalue weighted by Gasteiger charge is 2.13. The second kappa shape index (κ2) is 5.79. The fourth-order valence-corrected chi connectivity index (χ4v) is 1.67. The maximum atomic E-state index is 12.0. The quantitative estimate of drug-likeness (QED) is 0.784. The van der Waals surface area contributed by atoms with Gasteiger partial charge in [0.05, 0.1) is 11.6 Å². The lowest BCUT2D eigenvalue weighted by atomic mass is 10.2. The monoisotopic (exact) mass is 294 g/mol. The van der Waals surface area contributed by atoms with Gasteiger partial charge in [-0.1, -0.05) is 0 Å². The Morgan fingerprint density at radius 1 is 1.50 bits per heavy atom. The third kappa shape index (κ3) is 3.16. The first-order valence-electron chi connectivity index (χ1n) is 4.32. The van der Waals surface area contributed by atoms with Crippen molar-refractivity contribution in [2.45, 2.75) is 6.43 Å². The minimum atomic E-state index is -2.57. The predicted octanol–water partition coefficient (Wildman–Crippen LogP) is 2.91. The number of benzene rings is 1. The van der Waals surface area contributed by atoms with Gasteiger partial charge in [-0.3, -0.25) is 4.79 Å². The van der Waals surface area contributed by atoms with E-state index in [1.54, 1.807) is 0 Å². The number of hydrogen-bond donors (Lipinski definition) is 0. The minimum Gasteiger partial charge on any atom is -0.493 e. The van der Waals surface area contributed by atoms with Gasteiger partial charge in [0, 0.05) is 5.56 Å². The first kappa shape index (κ1) is 12.9. The second-order valence-electron chi connectivity index (χ2n) is 2.85. The molecule has 0 radical (unpaired) electrons. The van der Waals surface area contributed by atoms with E-state index >= 15 is 0 Å². The van der Waals surface area contributed by atoms with E-state index in [-0.39, 0.29) is 11.5 Å². The van der Waals surface area contributed by atoms with Crippen molar-refractivity contribution in [1.29, 1.82) is 0 Å². The lowest BCUT2D eigenvalue weighted by Crippen LogP contribution is -2.08. The number of methoxy groups -OCH3 is 1. The number of hydrogen-bond acceptors (Lipinski definition) is 3. The van der Waals surface area contributed by atoms with Gasteiger partial charge in [-0.15, -0.1) is 0 Å². The van der Waals surface area contributed by atoms with E-state index in [2.05, 4.69) is 15.9 Å². The normalized spacial score (nSPS) is 10.3. The van der Waals surface area contributed by atoms with Crippen LogP contribution in [0.1, 0.15) is 10.4 Å². The molecule has 6 heteroatoms. The van der Waals surface area contributed by atoms with Gasteiger partial charge in [0.1, 0.15) is 12.9 Å². The molecule has 0 atom stereocenters. The van der Waals surface area contributed by atoms with E-state index in [0.29, 0.717) is 16.3 Å². The van der Waals surface area contributed by atoms with E-state index < -0.39 is 13.0 Å². The molecule has 0 saturated heterocycles. The Bertz CT molecular complexity index is 383. The van der Waals surface area contributed by atoms with Crippen LogP contribution in [-0.2, 0) is 0 Å². The average Bonchev–Trinajstić information content (AvgIpc) is 2.26. The van der Waals surface area contributed by atoms with E-state index in [1.807, 2.05) is 0 Å². The number of halogens is 3. The molecule has 3 nitrogen and oxygen atoms in total. The zero-order valence-corrected chi connectivity index (χ0v) is 9.96. The Morgan fingerprint density at radius 2 is 2.19 bits per heavy atom. The van der Waals surface area contributed by atoms with Gasteiger partial charge in [0.2, 0.25) is 0 Å². The standard InChI is InChI=1S/C10H9BrF2O3/c1-15-8-3-6(4-14)2-7(11)10(8)16-5-9(12)13/h2-4,9H,5H2,1H3. The summed E-state index contributed by atoms with van der Waals surface area (Å²) >= 11 is 3.12. The summed E-state index contributed by atoms with van der Waals surface area (Å²) < 4.78 is 34.2. The van der Waals surface area contributed by atoms with Crippen LogP contribution in [0.5, 0.6) is 11.5 Å². The molecular weight excluding hydrogens is 286 g/mol. The first-order chi connectivity index (χ1) is 7.58. The van der Waals surface area contributed by atoms with Crippen molar-refractivity contribution in [3.05, 3.63) is 22.2 Å². The van der Waals surface area contributed by atoms with Crippen LogP contribution in [0.2, 0.25) is 0 Å². The van der Waals surface area contributed by atoms with Gasteiger partial charge in [0.25, 0.3) is 6.43 Å². The number of carbonyl (C=O) groups excluding carboxylic acids is 1. The molecule has 0 N–H and O–H groups in total. The molecule has 0 bridgehead atoms. The molecule has 1 aromatic carbocycles. The van der Waals surface area contributed by atoms with Crippen LogP contribution in [0.3, 0.4) is 0 Å². The summed E-state index contributed by atoms with van der Waals surface area (Å²) in [6, 6.07) is 2.88. The topological polar surface area (TPSA) is 35.5 Å². The molecule has 0 amide bonds. The summed E-state index contributed by atoms with van der Waals surface area (Å²) in [5.74, 6) is 0.394. The fourth-order valence-electron chi connectivity index (χ4n) is 1.09. The summed E-state index contributed by atoms with van der Waals surface area (Å²) in [6.07, 6.45) is -1.94. The van der Waals surface area contributed by atoms with Crippen LogP contribution in [0.25, 0.3) is 0 Å². The van der Waals surface area contributed by atoms with Gasteiger partial charge >= 0.3 is 0 Å². The fraction of sp³-hybridized carbons (Fsp3) is 0.300. The molecule has 0 spiro atoms. The van der Waals surface area contributed by atoms with Crippen LogP contribution in [0.15, 0.2) is 16.6 Å². The van der Waals surface area contributed by atoms with Gasteiger partial charge in [0.15, 0.2) is 11.5 Å². The molecule has 0 aromatic heterocycles. The molecule has 0 heterocycles. The lowest BCUT2D eigenvalue weighted by Gasteiger charge is -2.12. The number of rotatable bonds is 5. The van der Waals surface area contributed by atoms with Crippen molar-refractivity contribution in [2.24, 2.45) is 0 Å². The molecule has 0 aliphatic heterocycles. The molecule has 0 unspecified atom stereocenters. The third-order valence-corrected chi connectivity index (χ3v) is 2.33. The summed E-state index contributed by atoms with van der Waals surface area (Å²) in [5, 5.41) is 0. The van der Waals surface area contributed by atoms with Crippen LogP contribution in [0.4, 0.5) is 8.78 Å². The van der Waals surface area contributed by atoms with E-state index in [4.69, 9.17) is 9.47 Å². The van der Waals surface area contributed by atoms with Gasteiger partial charge in [-0.05, 0) is 28.1 Å². The molecule has 1 rings (SSSR count). The van der Waals surface area contributed by atoms with E-state index in [1.165, 1.54) is 19.2 Å². The largest absolute Gasteiger partial charge is 0.493 e. The molecule has 16 heavy (non-hydrogen) atoms. The SMILES string of the molecule is COc1cc(C=O)cc(Br)c1OCC(F)F. The molecule has 88 valence electrons.